The molecule has 4 nitrogen and oxygen atoms in total. The van der Waals surface area contributed by atoms with Crippen molar-refractivity contribution in [1.29, 1.82) is 0 Å². The second kappa shape index (κ2) is 8.80. The Morgan fingerprint density at radius 2 is 1.93 bits per heavy atom. The Morgan fingerprint density at radius 3 is 2.53 bits per heavy atom. The Labute approximate surface area is 182 Å². The number of benzene rings is 1. The minimum Gasteiger partial charge on any atom is -0.493 e. The SMILES string of the molecule is CCCOc1c(OC)c(C(C)C)cc2c1[C@@]1(CC(=O)OC)CCCC(C)(C)[C@@H]1CC2. The lowest BCUT2D eigenvalue weighted by atomic mass is 9.48. The van der Waals surface area contributed by atoms with E-state index in [0.29, 0.717) is 24.9 Å². The van der Waals surface area contributed by atoms with Gasteiger partial charge in [-0.3, -0.25) is 4.79 Å². The van der Waals surface area contributed by atoms with E-state index < -0.39 is 0 Å². The molecule has 0 aromatic heterocycles. The first-order valence-corrected chi connectivity index (χ1v) is 11.7. The van der Waals surface area contributed by atoms with Gasteiger partial charge in [0.1, 0.15) is 0 Å². The molecule has 1 aromatic rings. The summed E-state index contributed by atoms with van der Waals surface area (Å²) in [4.78, 5) is 12.7. The number of aryl methyl sites for hydroxylation is 1. The molecule has 1 aromatic carbocycles. The molecule has 168 valence electrons. The van der Waals surface area contributed by atoms with E-state index in [0.717, 1.165) is 43.6 Å². The monoisotopic (exact) mass is 416 g/mol. The van der Waals surface area contributed by atoms with E-state index in [1.165, 1.54) is 30.2 Å². The molecule has 1 saturated carbocycles. The molecule has 0 aliphatic heterocycles. The number of esters is 1. The highest BCUT2D eigenvalue weighted by molar-refractivity contribution is 5.73. The standard InChI is InChI=1S/C26H40O4/c1-8-14-30-24-22-18(15-19(17(2)3)23(24)29-7)10-11-20-25(4,5)12-9-13-26(20,22)16-21(27)28-6/h15,17,20H,8-14,16H2,1-7H3/t20-,26+/m0/s1. The molecule has 1 fully saturated rings. The molecule has 2 atom stereocenters. The lowest BCUT2D eigenvalue weighted by molar-refractivity contribution is -0.144. The van der Waals surface area contributed by atoms with E-state index in [9.17, 15) is 4.79 Å². The molecule has 4 heteroatoms. The Balaban J connectivity index is 2.32. The maximum Gasteiger partial charge on any atom is 0.306 e. The zero-order valence-electron chi connectivity index (χ0n) is 20.0. The summed E-state index contributed by atoms with van der Waals surface area (Å²) in [6.07, 6.45) is 6.78. The van der Waals surface area contributed by atoms with Crippen LogP contribution in [0.5, 0.6) is 11.5 Å². The van der Waals surface area contributed by atoms with Crippen LogP contribution in [0.4, 0.5) is 0 Å². The molecule has 0 spiro atoms. The average molecular weight is 417 g/mol. The molecule has 0 unspecified atom stereocenters. The summed E-state index contributed by atoms with van der Waals surface area (Å²) in [5, 5.41) is 0. The first-order valence-electron chi connectivity index (χ1n) is 11.7. The number of rotatable bonds is 7. The third-order valence-corrected chi connectivity index (χ3v) is 7.57. The van der Waals surface area contributed by atoms with Gasteiger partial charge in [0.05, 0.1) is 27.2 Å². The number of hydrogen-bond donors (Lipinski definition) is 0. The van der Waals surface area contributed by atoms with Crippen molar-refractivity contribution in [3.05, 3.63) is 22.8 Å². The Kier molecular flexibility index (Phi) is 6.74. The summed E-state index contributed by atoms with van der Waals surface area (Å²) in [5.41, 5.74) is 3.68. The largest absolute Gasteiger partial charge is 0.493 e. The Morgan fingerprint density at radius 1 is 1.20 bits per heavy atom. The zero-order chi connectivity index (χ0) is 22.1. The summed E-state index contributed by atoms with van der Waals surface area (Å²) >= 11 is 0. The molecule has 0 heterocycles. The van der Waals surface area contributed by atoms with Gasteiger partial charge < -0.3 is 14.2 Å². The van der Waals surface area contributed by atoms with Crippen molar-refractivity contribution in [2.45, 2.75) is 90.9 Å². The summed E-state index contributed by atoms with van der Waals surface area (Å²) < 4.78 is 17.6. The van der Waals surface area contributed by atoms with Crippen LogP contribution in [-0.4, -0.2) is 26.8 Å². The molecule has 3 rings (SSSR count). The van der Waals surface area contributed by atoms with E-state index in [1.807, 2.05) is 0 Å². The van der Waals surface area contributed by atoms with Crippen LogP contribution in [0.1, 0.15) is 95.8 Å². The second-order valence-corrected chi connectivity index (χ2v) is 10.2. The van der Waals surface area contributed by atoms with Gasteiger partial charge in [-0.25, -0.2) is 0 Å². The molecule has 30 heavy (non-hydrogen) atoms. The summed E-state index contributed by atoms with van der Waals surface area (Å²) in [5.74, 6) is 2.37. The van der Waals surface area contributed by atoms with Crippen molar-refractivity contribution in [2.24, 2.45) is 11.3 Å². The number of carbonyl (C=O) groups excluding carboxylic acids is 1. The quantitative estimate of drug-likeness (QED) is 0.498. The van der Waals surface area contributed by atoms with E-state index in [4.69, 9.17) is 14.2 Å². The predicted octanol–water partition coefficient (Wildman–Crippen LogP) is 6.18. The maximum absolute atomic E-state index is 12.7. The van der Waals surface area contributed by atoms with Crippen LogP contribution in [0.2, 0.25) is 0 Å². The highest BCUT2D eigenvalue weighted by atomic mass is 16.5. The van der Waals surface area contributed by atoms with Crippen molar-refractivity contribution in [2.75, 3.05) is 20.8 Å². The summed E-state index contributed by atoms with van der Waals surface area (Å²) in [7, 11) is 3.24. The van der Waals surface area contributed by atoms with E-state index >= 15 is 0 Å². The highest BCUT2D eigenvalue weighted by Gasteiger charge is 2.55. The van der Waals surface area contributed by atoms with Crippen LogP contribution in [0.3, 0.4) is 0 Å². The molecule has 0 radical (unpaired) electrons. The molecule has 0 saturated heterocycles. The van der Waals surface area contributed by atoms with E-state index in [2.05, 4.69) is 40.7 Å². The van der Waals surface area contributed by atoms with Crippen LogP contribution >= 0.6 is 0 Å². The number of methoxy groups -OCH3 is 2. The van der Waals surface area contributed by atoms with Crippen molar-refractivity contribution < 1.29 is 19.0 Å². The molecule has 2 aliphatic rings. The third kappa shape index (κ3) is 3.83. The summed E-state index contributed by atoms with van der Waals surface area (Å²) in [6, 6.07) is 2.33. The molecule has 0 N–H and O–H groups in total. The second-order valence-electron chi connectivity index (χ2n) is 10.2. The van der Waals surface area contributed by atoms with Gasteiger partial charge in [0.2, 0.25) is 0 Å². The normalized spacial score (nSPS) is 24.7. The molecular formula is C26H40O4. The van der Waals surface area contributed by atoms with Gasteiger partial charge in [0.25, 0.3) is 0 Å². The minimum atomic E-state index is -0.256. The van der Waals surface area contributed by atoms with Crippen molar-refractivity contribution in [3.8, 4) is 11.5 Å². The van der Waals surface area contributed by atoms with Crippen LogP contribution in [0.15, 0.2) is 6.07 Å². The van der Waals surface area contributed by atoms with E-state index in [1.54, 1.807) is 7.11 Å². The van der Waals surface area contributed by atoms with Gasteiger partial charge in [-0.1, -0.05) is 47.1 Å². The average Bonchev–Trinajstić information content (AvgIpc) is 2.70. The summed E-state index contributed by atoms with van der Waals surface area (Å²) in [6.45, 7) is 11.9. The number of hydrogen-bond acceptors (Lipinski definition) is 4. The highest BCUT2D eigenvalue weighted by Crippen LogP contribution is 2.62. The molecule has 2 aliphatic carbocycles. The Bertz CT molecular complexity index is 780. The molecule has 0 bridgehead atoms. The minimum absolute atomic E-state index is 0.126. The zero-order valence-corrected chi connectivity index (χ0v) is 20.0. The molecule has 0 amide bonds. The Hall–Kier alpha value is -1.71. The number of fused-ring (bicyclic) bond motifs is 3. The van der Waals surface area contributed by atoms with Crippen LogP contribution in [0.25, 0.3) is 0 Å². The van der Waals surface area contributed by atoms with Gasteiger partial charge in [0.15, 0.2) is 11.5 Å². The predicted molar refractivity (Wildman–Crippen MR) is 121 cm³/mol. The number of carbonyl (C=O) groups is 1. The van der Waals surface area contributed by atoms with Crippen LogP contribution in [0, 0.1) is 11.3 Å². The lowest BCUT2D eigenvalue weighted by Gasteiger charge is -2.56. The van der Waals surface area contributed by atoms with Crippen molar-refractivity contribution in [1.82, 2.24) is 0 Å². The van der Waals surface area contributed by atoms with E-state index in [-0.39, 0.29) is 16.8 Å². The van der Waals surface area contributed by atoms with Gasteiger partial charge >= 0.3 is 5.97 Å². The topological polar surface area (TPSA) is 44.8 Å². The molecular weight excluding hydrogens is 376 g/mol. The van der Waals surface area contributed by atoms with Crippen molar-refractivity contribution >= 4 is 5.97 Å². The lowest BCUT2D eigenvalue weighted by Crippen LogP contribution is -2.51. The van der Waals surface area contributed by atoms with Gasteiger partial charge in [-0.15, -0.1) is 0 Å². The van der Waals surface area contributed by atoms with Crippen LogP contribution < -0.4 is 9.47 Å². The van der Waals surface area contributed by atoms with Gasteiger partial charge in [-0.05, 0) is 54.9 Å². The fraction of sp³-hybridized carbons (Fsp3) is 0.731. The smallest absolute Gasteiger partial charge is 0.306 e. The van der Waals surface area contributed by atoms with Crippen LogP contribution in [-0.2, 0) is 21.4 Å². The first kappa shape index (κ1) is 23.0. The van der Waals surface area contributed by atoms with Crippen molar-refractivity contribution in [3.63, 3.8) is 0 Å². The van der Waals surface area contributed by atoms with Gasteiger partial charge in [0, 0.05) is 16.5 Å². The van der Waals surface area contributed by atoms with Gasteiger partial charge in [-0.2, -0.15) is 0 Å². The first-order chi connectivity index (χ1) is 14.2. The fourth-order valence-corrected chi connectivity index (χ4v) is 6.29. The number of ether oxygens (including phenoxy) is 3. The third-order valence-electron chi connectivity index (χ3n) is 7.57. The maximum atomic E-state index is 12.7. The fourth-order valence-electron chi connectivity index (χ4n) is 6.29.